The van der Waals surface area contributed by atoms with Crippen molar-refractivity contribution in [3.63, 3.8) is 0 Å². The number of benzene rings is 1. The van der Waals surface area contributed by atoms with Gasteiger partial charge in [0.15, 0.2) is 0 Å². The van der Waals surface area contributed by atoms with Crippen LogP contribution in [0.4, 0.5) is 0 Å². The summed E-state index contributed by atoms with van der Waals surface area (Å²) >= 11 is 0. The van der Waals surface area contributed by atoms with E-state index in [-0.39, 0.29) is 6.10 Å². The van der Waals surface area contributed by atoms with Crippen LogP contribution in [0.2, 0.25) is 0 Å². The van der Waals surface area contributed by atoms with Crippen LogP contribution in [-0.2, 0) is 4.74 Å². The molecule has 17 heavy (non-hydrogen) atoms. The van der Waals surface area contributed by atoms with Crippen molar-refractivity contribution in [1.82, 2.24) is 10.2 Å². The summed E-state index contributed by atoms with van der Waals surface area (Å²) in [6.07, 6.45) is 2.02. The molecule has 1 saturated heterocycles. The van der Waals surface area contributed by atoms with Gasteiger partial charge in [-0.2, -0.15) is 0 Å². The van der Waals surface area contributed by atoms with E-state index in [1.165, 1.54) is 0 Å². The number of hydrogen-bond acceptors (Lipinski definition) is 4. The van der Waals surface area contributed by atoms with Crippen LogP contribution in [-0.4, -0.2) is 16.8 Å². The zero-order valence-corrected chi connectivity index (χ0v) is 9.72. The second-order valence-corrected chi connectivity index (χ2v) is 4.26. The van der Waals surface area contributed by atoms with Crippen LogP contribution in [0.25, 0.3) is 11.5 Å². The van der Waals surface area contributed by atoms with Gasteiger partial charge in [-0.15, -0.1) is 10.2 Å². The zero-order chi connectivity index (χ0) is 11.7. The Hall–Kier alpha value is -1.68. The Morgan fingerprint density at radius 1 is 1.24 bits per heavy atom. The Kier molecular flexibility index (Phi) is 2.65. The van der Waals surface area contributed by atoms with Crippen LogP contribution in [0.3, 0.4) is 0 Å². The molecule has 4 nitrogen and oxygen atoms in total. The summed E-state index contributed by atoms with van der Waals surface area (Å²) < 4.78 is 11.2. The first kappa shape index (κ1) is 10.5. The fourth-order valence-electron chi connectivity index (χ4n) is 2.06. The van der Waals surface area contributed by atoms with E-state index in [1.54, 1.807) is 0 Å². The highest BCUT2D eigenvalue weighted by Crippen LogP contribution is 2.30. The summed E-state index contributed by atoms with van der Waals surface area (Å²) in [5.74, 6) is 1.18. The number of rotatable bonds is 2. The number of nitrogens with zero attached hydrogens (tertiary/aromatic N) is 2. The van der Waals surface area contributed by atoms with Gasteiger partial charge in [0.1, 0.15) is 6.10 Å². The van der Waals surface area contributed by atoms with Crippen LogP contribution >= 0.6 is 0 Å². The van der Waals surface area contributed by atoms with Crippen LogP contribution in [0.15, 0.2) is 28.7 Å². The van der Waals surface area contributed by atoms with E-state index in [1.807, 2.05) is 31.2 Å². The molecule has 2 heterocycles. The molecule has 1 aliphatic rings. The topological polar surface area (TPSA) is 48.2 Å². The monoisotopic (exact) mass is 230 g/mol. The summed E-state index contributed by atoms with van der Waals surface area (Å²) in [6.45, 7) is 2.82. The maximum atomic E-state index is 5.69. The summed E-state index contributed by atoms with van der Waals surface area (Å²) in [5, 5.41) is 8.17. The lowest BCUT2D eigenvalue weighted by Gasteiger charge is -2.02. The summed E-state index contributed by atoms with van der Waals surface area (Å²) in [4.78, 5) is 0. The first-order valence-corrected chi connectivity index (χ1v) is 5.85. The van der Waals surface area contributed by atoms with Gasteiger partial charge in [0, 0.05) is 12.2 Å². The van der Waals surface area contributed by atoms with Crippen molar-refractivity contribution in [1.29, 1.82) is 0 Å². The number of hydrogen-bond donors (Lipinski definition) is 0. The van der Waals surface area contributed by atoms with Crippen molar-refractivity contribution in [3.8, 4) is 11.5 Å². The Morgan fingerprint density at radius 3 is 2.88 bits per heavy atom. The molecule has 0 unspecified atom stereocenters. The van der Waals surface area contributed by atoms with Gasteiger partial charge >= 0.3 is 0 Å². The second kappa shape index (κ2) is 4.30. The third kappa shape index (κ3) is 1.96. The molecule has 2 aromatic rings. The van der Waals surface area contributed by atoms with E-state index >= 15 is 0 Å². The third-order valence-corrected chi connectivity index (χ3v) is 3.02. The maximum Gasteiger partial charge on any atom is 0.248 e. The molecular weight excluding hydrogens is 216 g/mol. The fourth-order valence-corrected chi connectivity index (χ4v) is 2.06. The summed E-state index contributed by atoms with van der Waals surface area (Å²) in [6, 6.07) is 7.99. The molecule has 4 heteroatoms. The van der Waals surface area contributed by atoms with E-state index in [9.17, 15) is 0 Å². The predicted molar refractivity (Wildman–Crippen MR) is 62.4 cm³/mol. The highest BCUT2D eigenvalue weighted by molar-refractivity contribution is 5.57. The minimum atomic E-state index is -0.0136. The van der Waals surface area contributed by atoms with E-state index < -0.39 is 0 Å². The molecule has 1 aromatic carbocycles. The zero-order valence-electron chi connectivity index (χ0n) is 9.72. The Morgan fingerprint density at radius 2 is 2.12 bits per heavy atom. The Balaban J connectivity index is 1.92. The van der Waals surface area contributed by atoms with Gasteiger partial charge in [-0.25, -0.2) is 0 Å². The van der Waals surface area contributed by atoms with Gasteiger partial charge in [0.25, 0.3) is 0 Å². The minimum Gasteiger partial charge on any atom is -0.418 e. The van der Waals surface area contributed by atoms with Gasteiger partial charge in [-0.05, 0) is 31.4 Å². The lowest BCUT2D eigenvalue weighted by Crippen LogP contribution is -1.95. The van der Waals surface area contributed by atoms with Crippen LogP contribution in [0.1, 0.15) is 30.4 Å². The summed E-state index contributed by atoms with van der Waals surface area (Å²) in [7, 11) is 0. The first-order valence-electron chi connectivity index (χ1n) is 5.85. The SMILES string of the molecule is Cc1ccccc1-c1nnc([C@@H]2CCCO2)o1. The molecular formula is C13H14N2O2. The smallest absolute Gasteiger partial charge is 0.248 e. The molecule has 0 bridgehead atoms. The molecule has 0 aliphatic carbocycles. The molecule has 0 spiro atoms. The fraction of sp³-hybridized carbons (Fsp3) is 0.385. The largest absolute Gasteiger partial charge is 0.418 e. The summed E-state index contributed by atoms with van der Waals surface area (Å²) in [5.41, 5.74) is 2.12. The van der Waals surface area contributed by atoms with E-state index in [2.05, 4.69) is 10.2 Å². The van der Waals surface area contributed by atoms with Crippen LogP contribution in [0.5, 0.6) is 0 Å². The van der Waals surface area contributed by atoms with Gasteiger partial charge in [0.2, 0.25) is 11.8 Å². The van der Waals surface area contributed by atoms with Crippen molar-refractivity contribution in [2.45, 2.75) is 25.9 Å². The third-order valence-electron chi connectivity index (χ3n) is 3.02. The van der Waals surface area contributed by atoms with Crippen molar-refractivity contribution < 1.29 is 9.15 Å². The van der Waals surface area contributed by atoms with Gasteiger partial charge in [-0.3, -0.25) is 0 Å². The average Bonchev–Trinajstić information content (AvgIpc) is 3.00. The Bertz CT molecular complexity index is 516. The molecule has 0 radical (unpaired) electrons. The number of aryl methyl sites for hydroxylation is 1. The van der Waals surface area contributed by atoms with Gasteiger partial charge in [0.05, 0.1) is 0 Å². The molecule has 1 fully saturated rings. The van der Waals surface area contributed by atoms with Gasteiger partial charge < -0.3 is 9.15 Å². The first-order chi connectivity index (χ1) is 8.34. The molecule has 0 amide bonds. The molecule has 3 rings (SSSR count). The normalized spacial score (nSPS) is 19.7. The standard InChI is InChI=1S/C13H14N2O2/c1-9-5-2-3-6-10(9)12-14-15-13(17-12)11-7-4-8-16-11/h2-3,5-6,11H,4,7-8H2,1H3/t11-/m0/s1. The predicted octanol–water partition coefficient (Wildman–Crippen LogP) is 2.90. The molecule has 1 aromatic heterocycles. The van der Waals surface area contributed by atoms with E-state index in [0.717, 1.165) is 30.6 Å². The molecule has 88 valence electrons. The highest BCUT2D eigenvalue weighted by atomic mass is 16.5. The Labute approximate surface area is 99.6 Å². The molecule has 1 aliphatic heterocycles. The molecule has 1 atom stereocenters. The molecule has 0 N–H and O–H groups in total. The van der Waals surface area contributed by atoms with Crippen molar-refractivity contribution >= 4 is 0 Å². The second-order valence-electron chi connectivity index (χ2n) is 4.26. The van der Waals surface area contributed by atoms with Crippen LogP contribution in [0, 0.1) is 6.92 Å². The van der Waals surface area contributed by atoms with E-state index in [4.69, 9.17) is 9.15 Å². The maximum absolute atomic E-state index is 5.69. The van der Waals surface area contributed by atoms with Crippen molar-refractivity contribution in [2.75, 3.05) is 6.61 Å². The quantitative estimate of drug-likeness (QED) is 0.795. The van der Waals surface area contributed by atoms with E-state index in [0.29, 0.717) is 11.8 Å². The van der Waals surface area contributed by atoms with Crippen LogP contribution < -0.4 is 0 Å². The van der Waals surface area contributed by atoms with Crippen molar-refractivity contribution in [2.24, 2.45) is 0 Å². The highest BCUT2D eigenvalue weighted by Gasteiger charge is 2.24. The lowest BCUT2D eigenvalue weighted by molar-refractivity contribution is 0.0896. The molecule has 0 saturated carbocycles. The number of aromatic nitrogens is 2. The van der Waals surface area contributed by atoms with Gasteiger partial charge in [-0.1, -0.05) is 18.2 Å². The number of ether oxygens (including phenoxy) is 1. The van der Waals surface area contributed by atoms with Crippen molar-refractivity contribution in [3.05, 3.63) is 35.7 Å². The average molecular weight is 230 g/mol. The minimum absolute atomic E-state index is 0.0136. The lowest BCUT2D eigenvalue weighted by atomic mass is 10.1.